The van der Waals surface area contributed by atoms with E-state index in [1.54, 1.807) is 17.8 Å². The van der Waals surface area contributed by atoms with Crippen LogP contribution in [0.3, 0.4) is 0 Å². The number of nitrogens with zero attached hydrogens (tertiary/aromatic N) is 3. The highest BCUT2D eigenvalue weighted by atomic mass is 16.1. The van der Waals surface area contributed by atoms with Crippen molar-refractivity contribution in [2.24, 2.45) is 0 Å². The topological polar surface area (TPSA) is 73.8 Å². The van der Waals surface area contributed by atoms with E-state index in [-0.39, 0.29) is 5.78 Å². The van der Waals surface area contributed by atoms with Crippen LogP contribution < -0.4 is 5.73 Å². The number of pyridine rings is 1. The molecule has 5 heteroatoms. The number of benzene rings is 1. The molecule has 2 heterocycles. The zero-order chi connectivity index (χ0) is 14.3. The van der Waals surface area contributed by atoms with E-state index in [4.69, 9.17) is 5.73 Å². The average molecular weight is 266 g/mol. The number of aromatic nitrogens is 3. The predicted molar refractivity (Wildman–Crippen MR) is 78.0 cm³/mol. The van der Waals surface area contributed by atoms with E-state index in [0.29, 0.717) is 28.0 Å². The van der Waals surface area contributed by atoms with E-state index in [0.717, 1.165) is 5.69 Å². The van der Waals surface area contributed by atoms with Crippen LogP contribution in [0, 0.1) is 6.92 Å². The van der Waals surface area contributed by atoms with Gasteiger partial charge in [-0.25, -0.2) is 9.67 Å². The molecule has 100 valence electrons. The summed E-state index contributed by atoms with van der Waals surface area (Å²) >= 11 is 0. The van der Waals surface area contributed by atoms with Crippen molar-refractivity contribution < 1.29 is 4.79 Å². The van der Waals surface area contributed by atoms with Gasteiger partial charge in [-0.15, -0.1) is 0 Å². The number of hydrogen-bond acceptors (Lipinski definition) is 4. The molecule has 0 unspecified atom stereocenters. The molecule has 0 saturated carbocycles. The maximum Gasteiger partial charge on any atom is 0.165 e. The smallest absolute Gasteiger partial charge is 0.165 e. The van der Waals surface area contributed by atoms with Crippen LogP contribution in [0.1, 0.15) is 23.0 Å². The van der Waals surface area contributed by atoms with Crippen molar-refractivity contribution in [1.29, 1.82) is 0 Å². The molecule has 5 nitrogen and oxygen atoms in total. The Bertz CT molecular complexity index is 806. The third-order valence-corrected chi connectivity index (χ3v) is 3.29. The van der Waals surface area contributed by atoms with E-state index in [1.807, 2.05) is 30.3 Å². The number of nitrogens with two attached hydrogens (primary N) is 1. The molecule has 0 atom stereocenters. The Morgan fingerprint density at radius 2 is 1.95 bits per heavy atom. The highest BCUT2D eigenvalue weighted by Crippen LogP contribution is 2.27. The second-order valence-electron chi connectivity index (χ2n) is 4.67. The molecule has 0 fully saturated rings. The molecular formula is C15H14N4O. The first-order valence-electron chi connectivity index (χ1n) is 6.29. The summed E-state index contributed by atoms with van der Waals surface area (Å²) in [6.45, 7) is 3.28. The molecule has 0 aliphatic carbocycles. The van der Waals surface area contributed by atoms with Crippen LogP contribution in [-0.4, -0.2) is 20.5 Å². The lowest BCUT2D eigenvalue weighted by molar-refractivity contribution is 0.101. The third-order valence-electron chi connectivity index (χ3n) is 3.29. The number of hydrogen-bond donors (Lipinski definition) is 1. The number of Topliss-reactive ketones (excluding diaryl/α,β-unsaturated/α-hetero) is 1. The Hall–Kier alpha value is -2.69. The van der Waals surface area contributed by atoms with Crippen molar-refractivity contribution in [2.45, 2.75) is 13.8 Å². The van der Waals surface area contributed by atoms with Crippen LogP contribution in [-0.2, 0) is 0 Å². The lowest BCUT2D eigenvalue weighted by atomic mass is 10.1. The van der Waals surface area contributed by atoms with Crippen LogP contribution in [0.25, 0.3) is 16.7 Å². The standard InChI is InChI=1S/C15H14N4O/c1-9-13(10(2)20)14(16)12-8-17-19(15(12)18-9)11-6-4-3-5-7-11/h3-8H,1-2H3,(H2,16,18). The molecule has 2 N–H and O–H groups in total. The number of para-hydroxylation sites is 1. The number of fused-ring (bicyclic) bond motifs is 1. The number of carbonyl (C=O) groups is 1. The second kappa shape index (κ2) is 4.45. The van der Waals surface area contributed by atoms with Crippen molar-refractivity contribution in [2.75, 3.05) is 5.73 Å². The van der Waals surface area contributed by atoms with Crippen molar-refractivity contribution in [3.05, 3.63) is 47.8 Å². The minimum Gasteiger partial charge on any atom is -0.397 e. The lowest BCUT2D eigenvalue weighted by Crippen LogP contribution is -2.06. The lowest BCUT2D eigenvalue weighted by Gasteiger charge is -2.08. The maximum absolute atomic E-state index is 11.7. The SMILES string of the molecule is CC(=O)c1c(C)nc2c(cnn2-c2ccccc2)c1N. The van der Waals surface area contributed by atoms with E-state index >= 15 is 0 Å². The van der Waals surface area contributed by atoms with Crippen molar-refractivity contribution >= 4 is 22.5 Å². The Morgan fingerprint density at radius 1 is 1.25 bits per heavy atom. The molecule has 2 aromatic heterocycles. The fourth-order valence-electron chi connectivity index (χ4n) is 2.39. The van der Waals surface area contributed by atoms with Gasteiger partial charge in [0, 0.05) is 0 Å². The zero-order valence-electron chi connectivity index (χ0n) is 11.3. The first-order valence-corrected chi connectivity index (χ1v) is 6.29. The van der Waals surface area contributed by atoms with Crippen LogP contribution in [0.5, 0.6) is 0 Å². The van der Waals surface area contributed by atoms with Crippen LogP contribution >= 0.6 is 0 Å². The maximum atomic E-state index is 11.7. The van der Waals surface area contributed by atoms with Gasteiger partial charge < -0.3 is 5.73 Å². The predicted octanol–water partition coefficient (Wildman–Crippen LogP) is 2.51. The van der Waals surface area contributed by atoms with Gasteiger partial charge in [-0.05, 0) is 26.0 Å². The molecule has 0 saturated heterocycles. The summed E-state index contributed by atoms with van der Waals surface area (Å²) in [7, 11) is 0. The summed E-state index contributed by atoms with van der Waals surface area (Å²) in [6, 6.07) is 9.69. The van der Waals surface area contributed by atoms with Gasteiger partial charge in [0.15, 0.2) is 11.4 Å². The van der Waals surface area contributed by atoms with Gasteiger partial charge in [0.05, 0.1) is 34.2 Å². The molecule has 0 aliphatic heterocycles. The molecular weight excluding hydrogens is 252 g/mol. The number of rotatable bonds is 2. The van der Waals surface area contributed by atoms with E-state index in [9.17, 15) is 4.79 Å². The van der Waals surface area contributed by atoms with Crippen LogP contribution in [0.2, 0.25) is 0 Å². The average Bonchev–Trinajstić information content (AvgIpc) is 2.83. The van der Waals surface area contributed by atoms with Crippen LogP contribution in [0.15, 0.2) is 36.5 Å². The van der Waals surface area contributed by atoms with Crippen molar-refractivity contribution in [3.8, 4) is 5.69 Å². The number of ketones is 1. The molecule has 0 spiro atoms. The summed E-state index contributed by atoms with van der Waals surface area (Å²) in [5.74, 6) is -0.0816. The minimum absolute atomic E-state index is 0.0816. The van der Waals surface area contributed by atoms with E-state index in [1.165, 1.54) is 6.92 Å². The molecule has 0 amide bonds. The van der Waals surface area contributed by atoms with E-state index in [2.05, 4.69) is 10.1 Å². The van der Waals surface area contributed by atoms with Crippen molar-refractivity contribution in [3.63, 3.8) is 0 Å². The van der Waals surface area contributed by atoms with Crippen LogP contribution in [0.4, 0.5) is 5.69 Å². The Morgan fingerprint density at radius 3 is 2.60 bits per heavy atom. The Kier molecular flexibility index (Phi) is 2.75. The summed E-state index contributed by atoms with van der Waals surface area (Å²) in [4.78, 5) is 16.2. The highest BCUT2D eigenvalue weighted by Gasteiger charge is 2.17. The Labute approximate surface area is 116 Å². The van der Waals surface area contributed by atoms with Gasteiger partial charge in [-0.1, -0.05) is 18.2 Å². The molecule has 1 aromatic carbocycles. The monoisotopic (exact) mass is 266 g/mol. The second-order valence-corrected chi connectivity index (χ2v) is 4.67. The summed E-state index contributed by atoms with van der Waals surface area (Å²) in [6.07, 6.45) is 1.65. The fourth-order valence-corrected chi connectivity index (χ4v) is 2.39. The normalized spacial score (nSPS) is 10.9. The zero-order valence-corrected chi connectivity index (χ0v) is 11.3. The van der Waals surface area contributed by atoms with E-state index < -0.39 is 0 Å². The number of nitrogen functional groups attached to an aromatic ring is 1. The summed E-state index contributed by atoms with van der Waals surface area (Å²) in [5, 5.41) is 5.03. The highest BCUT2D eigenvalue weighted by molar-refractivity contribution is 6.06. The number of carbonyl (C=O) groups excluding carboxylic acids is 1. The molecule has 3 rings (SSSR count). The van der Waals surface area contributed by atoms with Gasteiger partial charge in [-0.2, -0.15) is 5.10 Å². The Balaban J connectivity index is 2.33. The van der Waals surface area contributed by atoms with Gasteiger partial charge in [0.1, 0.15) is 0 Å². The van der Waals surface area contributed by atoms with Gasteiger partial charge >= 0.3 is 0 Å². The van der Waals surface area contributed by atoms with Gasteiger partial charge in [0.2, 0.25) is 0 Å². The molecule has 0 radical (unpaired) electrons. The molecule has 0 bridgehead atoms. The first kappa shape index (κ1) is 12.3. The minimum atomic E-state index is -0.0816. The largest absolute Gasteiger partial charge is 0.397 e. The quantitative estimate of drug-likeness (QED) is 0.723. The molecule has 3 aromatic rings. The first-order chi connectivity index (χ1) is 9.59. The third kappa shape index (κ3) is 1.75. The molecule has 0 aliphatic rings. The van der Waals surface area contributed by atoms with Crippen molar-refractivity contribution in [1.82, 2.24) is 14.8 Å². The molecule has 20 heavy (non-hydrogen) atoms. The summed E-state index contributed by atoms with van der Waals surface area (Å²) < 4.78 is 1.72. The van der Waals surface area contributed by atoms with Gasteiger partial charge in [-0.3, -0.25) is 4.79 Å². The number of aryl methyl sites for hydroxylation is 1. The summed E-state index contributed by atoms with van der Waals surface area (Å²) in [5.41, 5.74) is 9.22. The fraction of sp³-hybridized carbons (Fsp3) is 0.133. The number of anilines is 1. The van der Waals surface area contributed by atoms with Gasteiger partial charge in [0.25, 0.3) is 0 Å².